The van der Waals surface area contributed by atoms with Gasteiger partial charge in [-0.3, -0.25) is 9.67 Å². The first-order chi connectivity index (χ1) is 8.65. The van der Waals surface area contributed by atoms with Gasteiger partial charge >= 0.3 is 0 Å². The summed E-state index contributed by atoms with van der Waals surface area (Å²) in [5.74, 6) is -0.442. The van der Waals surface area contributed by atoms with Gasteiger partial charge in [0.25, 0.3) is 0 Å². The predicted octanol–water partition coefficient (Wildman–Crippen LogP) is 1.36. The number of hydrogen-bond acceptors (Lipinski definition) is 4. The SMILES string of the molecule is Nc1cn([C@H]2C[C@@H](O)C2)nc1-c1ncccc1F. The maximum atomic E-state index is 13.6. The lowest BCUT2D eigenvalue weighted by atomic mass is 9.90. The van der Waals surface area contributed by atoms with E-state index >= 15 is 0 Å². The summed E-state index contributed by atoms with van der Waals surface area (Å²) in [7, 11) is 0. The predicted molar refractivity (Wildman–Crippen MR) is 64.1 cm³/mol. The van der Waals surface area contributed by atoms with Gasteiger partial charge in [-0.15, -0.1) is 0 Å². The molecule has 5 nitrogen and oxygen atoms in total. The Bertz CT molecular complexity index is 577. The molecule has 0 amide bonds. The Labute approximate surface area is 103 Å². The Morgan fingerprint density at radius 1 is 1.39 bits per heavy atom. The Balaban J connectivity index is 1.96. The second-order valence-electron chi connectivity index (χ2n) is 4.53. The number of rotatable bonds is 2. The largest absolute Gasteiger partial charge is 0.396 e. The van der Waals surface area contributed by atoms with Crippen LogP contribution in [0.2, 0.25) is 0 Å². The van der Waals surface area contributed by atoms with Crippen LogP contribution in [0.4, 0.5) is 10.1 Å². The molecule has 2 aromatic rings. The van der Waals surface area contributed by atoms with Gasteiger partial charge < -0.3 is 10.8 Å². The van der Waals surface area contributed by atoms with Crippen LogP contribution in [0.5, 0.6) is 0 Å². The molecule has 1 aliphatic rings. The van der Waals surface area contributed by atoms with Crippen LogP contribution in [-0.2, 0) is 0 Å². The third-order valence-corrected chi connectivity index (χ3v) is 3.21. The van der Waals surface area contributed by atoms with Gasteiger partial charge in [0.05, 0.1) is 17.8 Å². The Morgan fingerprint density at radius 3 is 2.83 bits per heavy atom. The minimum Gasteiger partial charge on any atom is -0.396 e. The van der Waals surface area contributed by atoms with E-state index in [1.165, 1.54) is 18.3 Å². The number of nitrogen functional groups attached to an aromatic ring is 1. The lowest BCUT2D eigenvalue weighted by molar-refractivity contribution is 0.0435. The van der Waals surface area contributed by atoms with E-state index in [1.807, 2.05) is 0 Å². The second kappa shape index (κ2) is 4.06. The van der Waals surface area contributed by atoms with Gasteiger partial charge in [0.1, 0.15) is 11.4 Å². The quantitative estimate of drug-likeness (QED) is 0.841. The molecule has 94 valence electrons. The first-order valence-electron chi connectivity index (χ1n) is 5.78. The highest BCUT2D eigenvalue weighted by Gasteiger charge is 2.30. The molecule has 3 rings (SSSR count). The minimum atomic E-state index is -0.442. The summed E-state index contributed by atoms with van der Waals surface area (Å²) < 4.78 is 15.3. The normalized spacial score (nSPS) is 22.8. The number of pyridine rings is 1. The lowest BCUT2D eigenvalue weighted by Gasteiger charge is -2.31. The Morgan fingerprint density at radius 2 is 2.17 bits per heavy atom. The van der Waals surface area contributed by atoms with Crippen molar-refractivity contribution in [1.82, 2.24) is 14.8 Å². The standard InChI is InChI=1S/C12H13FN4O/c13-9-2-1-3-15-11(9)12-10(14)6-17(16-12)7-4-8(18)5-7/h1-3,6-8,18H,4-5,14H2/t7-,8+. The van der Waals surface area contributed by atoms with Crippen molar-refractivity contribution in [3.63, 3.8) is 0 Å². The van der Waals surface area contributed by atoms with Crippen molar-refractivity contribution < 1.29 is 9.50 Å². The molecule has 0 aliphatic heterocycles. The summed E-state index contributed by atoms with van der Waals surface area (Å²) in [6.45, 7) is 0. The fourth-order valence-electron chi connectivity index (χ4n) is 2.11. The van der Waals surface area contributed by atoms with E-state index in [0.29, 0.717) is 24.2 Å². The summed E-state index contributed by atoms with van der Waals surface area (Å²) >= 11 is 0. The molecule has 0 bridgehead atoms. The van der Waals surface area contributed by atoms with E-state index in [0.717, 1.165) is 0 Å². The monoisotopic (exact) mass is 248 g/mol. The lowest BCUT2D eigenvalue weighted by Crippen LogP contribution is -2.31. The van der Waals surface area contributed by atoms with Crippen molar-refractivity contribution in [3.8, 4) is 11.4 Å². The molecular formula is C12H13FN4O. The van der Waals surface area contributed by atoms with Crippen LogP contribution < -0.4 is 5.73 Å². The topological polar surface area (TPSA) is 77.0 Å². The van der Waals surface area contributed by atoms with E-state index in [1.54, 1.807) is 10.9 Å². The van der Waals surface area contributed by atoms with Crippen LogP contribution in [0.1, 0.15) is 18.9 Å². The van der Waals surface area contributed by atoms with Crippen LogP contribution in [0.3, 0.4) is 0 Å². The number of nitrogens with zero attached hydrogens (tertiary/aromatic N) is 3. The summed E-state index contributed by atoms with van der Waals surface area (Å²) in [6.07, 6.45) is 4.22. The van der Waals surface area contributed by atoms with Crippen molar-refractivity contribution in [2.45, 2.75) is 25.0 Å². The molecule has 1 saturated carbocycles. The van der Waals surface area contributed by atoms with Crippen LogP contribution in [0.25, 0.3) is 11.4 Å². The van der Waals surface area contributed by atoms with E-state index < -0.39 is 5.82 Å². The van der Waals surface area contributed by atoms with Crippen LogP contribution in [0.15, 0.2) is 24.5 Å². The fraction of sp³-hybridized carbons (Fsp3) is 0.333. The molecule has 18 heavy (non-hydrogen) atoms. The minimum absolute atomic E-state index is 0.142. The number of aromatic nitrogens is 3. The van der Waals surface area contributed by atoms with Crippen molar-refractivity contribution in [3.05, 3.63) is 30.3 Å². The van der Waals surface area contributed by atoms with E-state index in [2.05, 4.69) is 10.1 Å². The van der Waals surface area contributed by atoms with E-state index in [4.69, 9.17) is 5.73 Å². The maximum Gasteiger partial charge on any atom is 0.151 e. The maximum absolute atomic E-state index is 13.6. The first kappa shape index (κ1) is 11.2. The number of anilines is 1. The van der Waals surface area contributed by atoms with Crippen LogP contribution in [-0.4, -0.2) is 26.0 Å². The molecule has 0 aromatic carbocycles. The summed E-state index contributed by atoms with van der Waals surface area (Å²) in [6, 6.07) is 2.99. The molecule has 0 radical (unpaired) electrons. The smallest absolute Gasteiger partial charge is 0.151 e. The van der Waals surface area contributed by atoms with Gasteiger partial charge in [-0.1, -0.05) is 0 Å². The van der Waals surface area contributed by atoms with Gasteiger partial charge in [0.2, 0.25) is 0 Å². The molecule has 6 heteroatoms. The van der Waals surface area contributed by atoms with Gasteiger partial charge in [-0.05, 0) is 25.0 Å². The molecule has 0 saturated heterocycles. The van der Waals surface area contributed by atoms with E-state index in [9.17, 15) is 9.50 Å². The zero-order valence-electron chi connectivity index (χ0n) is 9.62. The molecule has 0 unspecified atom stereocenters. The van der Waals surface area contributed by atoms with E-state index in [-0.39, 0.29) is 17.8 Å². The third kappa shape index (κ3) is 1.74. The highest BCUT2D eigenvalue weighted by atomic mass is 19.1. The number of aliphatic hydroxyl groups excluding tert-OH is 1. The average Bonchev–Trinajstić information content (AvgIpc) is 2.67. The van der Waals surface area contributed by atoms with Crippen molar-refractivity contribution in [1.29, 1.82) is 0 Å². The molecule has 1 aliphatic carbocycles. The van der Waals surface area contributed by atoms with Crippen molar-refractivity contribution >= 4 is 5.69 Å². The van der Waals surface area contributed by atoms with Gasteiger partial charge in [0.15, 0.2) is 5.82 Å². The van der Waals surface area contributed by atoms with Gasteiger partial charge in [-0.2, -0.15) is 5.10 Å². The average molecular weight is 248 g/mol. The number of aliphatic hydroxyl groups is 1. The zero-order valence-corrected chi connectivity index (χ0v) is 9.62. The molecule has 3 N–H and O–H groups in total. The van der Waals surface area contributed by atoms with Gasteiger partial charge in [0, 0.05) is 12.4 Å². The second-order valence-corrected chi connectivity index (χ2v) is 4.53. The summed E-state index contributed by atoms with van der Waals surface area (Å²) in [4.78, 5) is 3.96. The zero-order chi connectivity index (χ0) is 12.7. The number of hydrogen-bond donors (Lipinski definition) is 2. The highest BCUT2D eigenvalue weighted by Crippen LogP contribution is 2.34. The van der Waals surface area contributed by atoms with Crippen LogP contribution in [0, 0.1) is 5.82 Å². The summed E-state index contributed by atoms with van der Waals surface area (Å²) in [5.41, 5.74) is 6.76. The fourth-order valence-corrected chi connectivity index (χ4v) is 2.11. The van der Waals surface area contributed by atoms with Gasteiger partial charge in [-0.25, -0.2) is 4.39 Å². The number of halogens is 1. The molecule has 0 atom stereocenters. The summed E-state index contributed by atoms with van der Waals surface area (Å²) in [5, 5.41) is 13.5. The van der Waals surface area contributed by atoms with Crippen molar-refractivity contribution in [2.75, 3.05) is 5.73 Å². The number of nitrogens with two attached hydrogens (primary N) is 1. The van der Waals surface area contributed by atoms with Crippen molar-refractivity contribution in [2.24, 2.45) is 0 Å². The third-order valence-electron chi connectivity index (χ3n) is 3.21. The van der Waals surface area contributed by atoms with Crippen LogP contribution >= 0.6 is 0 Å². The first-order valence-corrected chi connectivity index (χ1v) is 5.78. The molecule has 2 heterocycles. The molecule has 1 fully saturated rings. The Kier molecular flexibility index (Phi) is 2.52. The molecule has 0 spiro atoms. The Hall–Kier alpha value is -1.95. The molecule has 2 aromatic heterocycles. The highest BCUT2D eigenvalue weighted by molar-refractivity contribution is 5.69. The molecular weight excluding hydrogens is 235 g/mol.